The van der Waals surface area contributed by atoms with Crippen LogP contribution in [0.4, 0.5) is 0 Å². The highest BCUT2D eigenvalue weighted by molar-refractivity contribution is 4.97. The summed E-state index contributed by atoms with van der Waals surface area (Å²) in [6, 6.07) is 0. The molecule has 0 amide bonds. The van der Waals surface area contributed by atoms with Gasteiger partial charge in [0.05, 0.1) is 0 Å². The molecule has 0 rings (SSSR count). The summed E-state index contributed by atoms with van der Waals surface area (Å²) in [5, 5.41) is 0. The maximum Gasteiger partial charge on any atom is 0.0151 e. The van der Waals surface area contributed by atoms with Crippen molar-refractivity contribution in [2.75, 3.05) is 20.6 Å². The van der Waals surface area contributed by atoms with E-state index in [4.69, 9.17) is 5.73 Å². The van der Waals surface area contributed by atoms with Crippen LogP contribution in [-0.4, -0.2) is 25.5 Å². The summed E-state index contributed by atoms with van der Waals surface area (Å²) in [7, 11) is 3.97. The highest BCUT2D eigenvalue weighted by Crippen LogP contribution is 1.87. The van der Waals surface area contributed by atoms with Crippen molar-refractivity contribution in [3.05, 3.63) is 11.8 Å². The zero-order chi connectivity index (χ0) is 6.57. The molecule has 0 fully saturated rings. The van der Waals surface area contributed by atoms with E-state index in [1.807, 2.05) is 32.1 Å². The van der Waals surface area contributed by atoms with Gasteiger partial charge in [-0.25, -0.2) is 0 Å². The first-order valence-electron chi connectivity index (χ1n) is 2.70. The summed E-state index contributed by atoms with van der Waals surface area (Å²) >= 11 is 0. The van der Waals surface area contributed by atoms with E-state index in [2.05, 4.69) is 0 Å². The van der Waals surface area contributed by atoms with Gasteiger partial charge in [-0.2, -0.15) is 0 Å². The lowest BCUT2D eigenvalue weighted by molar-refractivity contribution is 0.557. The van der Waals surface area contributed by atoms with Crippen LogP contribution in [-0.2, 0) is 0 Å². The van der Waals surface area contributed by atoms with Crippen molar-refractivity contribution in [1.82, 2.24) is 4.90 Å². The van der Waals surface area contributed by atoms with Crippen LogP contribution in [0.15, 0.2) is 11.8 Å². The van der Waals surface area contributed by atoms with Gasteiger partial charge in [-0.3, -0.25) is 0 Å². The summed E-state index contributed by atoms with van der Waals surface area (Å²) in [5.74, 6) is 0. The average molecular weight is 114 g/mol. The van der Waals surface area contributed by atoms with E-state index in [9.17, 15) is 0 Å². The zero-order valence-corrected chi connectivity index (χ0v) is 5.81. The maximum atomic E-state index is 5.33. The van der Waals surface area contributed by atoms with Gasteiger partial charge in [-0.05, 0) is 18.7 Å². The molecule has 0 aromatic carbocycles. The summed E-state index contributed by atoms with van der Waals surface area (Å²) in [4.78, 5) is 1.99. The standard InChI is InChI=1S/C6H14N2/c1-6(4-7)5-8(2)3/h5H,4,7H2,1-3H3/b6-5+. The lowest BCUT2D eigenvalue weighted by Gasteiger charge is -2.05. The SMILES string of the molecule is C/C(=C\N(C)C)CN. The summed E-state index contributed by atoms with van der Waals surface area (Å²) in [6.07, 6.45) is 2.01. The van der Waals surface area contributed by atoms with E-state index in [1.54, 1.807) is 0 Å². The minimum atomic E-state index is 0.651. The molecule has 0 saturated carbocycles. The lowest BCUT2D eigenvalue weighted by atomic mass is 10.3. The van der Waals surface area contributed by atoms with Crippen molar-refractivity contribution in [3.63, 3.8) is 0 Å². The molecule has 0 aromatic heterocycles. The normalized spacial score (nSPS) is 11.8. The van der Waals surface area contributed by atoms with Gasteiger partial charge < -0.3 is 10.6 Å². The molecule has 2 nitrogen and oxygen atoms in total. The first-order chi connectivity index (χ1) is 3.66. The van der Waals surface area contributed by atoms with Gasteiger partial charge in [0.2, 0.25) is 0 Å². The fourth-order valence-corrected chi connectivity index (χ4v) is 0.493. The van der Waals surface area contributed by atoms with Crippen LogP contribution in [0.25, 0.3) is 0 Å². The van der Waals surface area contributed by atoms with Gasteiger partial charge in [0.15, 0.2) is 0 Å². The van der Waals surface area contributed by atoms with Gasteiger partial charge in [0, 0.05) is 20.6 Å². The Hall–Kier alpha value is -0.500. The largest absolute Gasteiger partial charge is 0.383 e. The molecule has 0 aliphatic heterocycles. The van der Waals surface area contributed by atoms with Crippen LogP contribution in [0.1, 0.15) is 6.92 Å². The molecule has 0 atom stereocenters. The fraction of sp³-hybridized carbons (Fsp3) is 0.667. The summed E-state index contributed by atoms with van der Waals surface area (Å²) in [6.45, 7) is 2.66. The Bertz CT molecular complexity index is 84.5. The molecule has 0 saturated heterocycles. The molecule has 0 spiro atoms. The maximum absolute atomic E-state index is 5.33. The van der Waals surface area contributed by atoms with Crippen LogP contribution < -0.4 is 5.73 Å². The molecule has 0 aliphatic carbocycles. The third-order valence-corrected chi connectivity index (χ3v) is 0.801. The van der Waals surface area contributed by atoms with E-state index in [1.165, 1.54) is 5.57 Å². The Labute approximate surface area is 51.0 Å². The van der Waals surface area contributed by atoms with E-state index in [0.29, 0.717) is 6.54 Å². The Morgan fingerprint density at radius 1 is 1.62 bits per heavy atom. The predicted octanol–water partition coefficient (Wildman–Crippen LogP) is 0.411. The predicted molar refractivity (Wildman–Crippen MR) is 36.5 cm³/mol. The lowest BCUT2D eigenvalue weighted by Crippen LogP contribution is -2.07. The van der Waals surface area contributed by atoms with Crippen molar-refractivity contribution >= 4 is 0 Å². The third-order valence-electron chi connectivity index (χ3n) is 0.801. The monoisotopic (exact) mass is 114 g/mol. The summed E-state index contributed by atoms with van der Waals surface area (Å²) < 4.78 is 0. The van der Waals surface area contributed by atoms with Gasteiger partial charge in [-0.15, -0.1) is 0 Å². The van der Waals surface area contributed by atoms with Crippen LogP contribution in [0.5, 0.6) is 0 Å². The highest BCUT2D eigenvalue weighted by Gasteiger charge is 1.81. The van der Waals surface area contributed by atoms with Crippen molar-refractivity contribution in [2.24, 2.45) is 5.73 Å². The Kier molecular flexibility index (Phi) is 3.28. The molecule has 0 unspecified atom stereocenters. The smallest absolute Gasteiger partial charge is 0.0151 e. The zero-order valence-electron chi connectivity index (χ0n) is 5.81. The van der Waals surface area contributed by atoms with Gasteiger partial charge in [-0.1, -0.05) is 0 Å². The van der Waals surface area contributed by atoms with Crippen LogP contribution >= 0.6 is 0 Å². The number of nitrogens with two attached hydrogens (primary N) is 1. The molecule has 2 N–H and O–H groups in total. The number of hydrogen-bond donors (Lipinski definition) is 1. The highest BCUT2D eigenvalue weighted by atomic mass is 15.0. The molecular formula is C6H14N2. The molecule has 0 heterocycles. The number of nitrogens with zero attached hydrogens (tertiary/aromatic N) is 1. The Morgan fingerprint density at radius 2 is 2.12 bits per heavy atom. The summed E-state index contributed by atoms with van der Waals surface area (Å²) in [5.41, 5.74) is 6.53. The molecule has 48 valence electrons. The molecule has 2 heteroatoms. The minimum absolute atomic E-state index is 0.651. The van der Waals surface area contributed by atoms with E-state index in [-0.39, 0.29) is 0 Å². The third kappa shape index (κ3) is 3.68. The van der Waals surface area contributed by atoms with Crippen molar-refractivity contribution in [2.45, 2.75) is 6.92 Å². The molecule has 0 aromatic rings. The van der Waals surface area contributed by atoms with Gasteiger partial charge >= 0.3 is 0 Å². The second-order valence-corrected chi connectivity index (χ2v) is 2.14. The topological polar surface area (TPSA) is 29.3 Å². The molecule has 8 heavy (non-hydrogen) atoms. The van der Waals surface area contributed by atoms with Crippen LogP contribution in [0.2, 0.25) is 0 Å². The quantitative estimate of drug-likeness (QED) is 0.563. The van der Waals surface area contributed by atoms with E-state index < -0.39 is 0 Å². The second-order valence-electron chi connectivity index (χ2n) is 2.14. The fourth-order valence-electron chi connectivity index (χ4n) is 0.493. The minimum Gasteiger partial charge on any atom is -0.383 e. The van der Waals surface area contributed by atoms with Crippen molar-refractivity contribution < 1.29 is 0 Å². The van der Waals surface area contributed by atoms with Crippen molar-refractivity contribution in [3.8, 4) is 0 Å². The molecule has 0 bridgehead atoms. The van der Waals surface area contributed by atoms with Gasteiger partial charge in [0.25, 0.3) is 0 Å². The Balaban J connectivity index is 3.56. The number of rotatable bonds is 2. The molecule has 0 aliphatic rings. The van der Waals surface area contributed by atoms with Crippen LogP contribution in [0.3, 0.4) is 0 Å². The van der Waals surface area contributed by atoms with E-state index >= 15 is 0 Å². The molecular weight excluding hydrogens is 100 g/mol. The van der Waals surface area contributed by atoms with E-state index in [0.717, 1.165) is 0 Å². The van der Waals surface area contributed by atoms with Crippen LogP contribution in [0, 0.1) is 0 Å². The number of hydrogen-bond acceptors (Lipinski definition) is 2. The first kappa shape index (κ1) is 7.50. The Morgan fingerprint density at radius 3 is 2.25 bits per heavy atom. The molecule has 0 radical (unpaired) electrons. The second kappa shape index (κ2) is 3.50. The average Bonchev–Trinajstić information content (AvgIpc) is 1.65. The van der Waals surface area contributed by atoms with Crippen molar-refractivity contribution in [1.29, 1.82) is 0 Å². The van der Waals surface area contributed by atoms with Gasteiger partial charge in [0.1, 0.15) is 0 Å². The first-order valence-corrected chi connectivity index (χ1v) is 2.70.